The highest BCUT2D eigenvalue weighted by Gasteiger charge is 2.35. The van der Waals surface area contributed by atoms with Gasteiger partial charge in [-0.1, -0.05) is 0 Å². The molecular weight excluding hydrogens is 293 g/mol. The fraction of sp³-hybridized carbons (Fsp3) is 0.182. The quantitative estimate of drug-likeness (QED) is 0.534. The number of halogens is 3. The highest BCUT2D eigenvalue weighted by molar-refractivity contribution is 5.61. The van der Waals surface area contributed by atoms with Gasteiger partial charge in [-0.25, -0.2) is 0 Å². The predicted octanol–water partition coefficient (Wildman–Crippen LogP) is 2.72. The van der Waals surface area contributed by atoms with E-state index in [0.29, 0.717) is 4.68 Å². The number of hydrogen-bond donors (Lipinski definition) is 1. The molecule has 112 valence electrons. The first-order chi connectivity index (χ1) is 9.68. The zero-order valence-electron chi connectivity index (χ0n) is 10.6. The Balaban J connectivity index is 2.27. The van der Waals surface area contributed by atoms with Gasteiger partial charge in [-0.15, -0.1) is 5.10 Å². The van der Waals surface area contributed by atoms with Crippen LogP contribution in [0.5, 0.6) is 11.6 Å². The van der Waals surface area contributed by atoms with E-state index in [1.807, 2.05) is 0 Å². The van der Waals surface area contributed by atoms with Crippen LogP contribution in [0, 0.1) is 10.1 Å². The normalized spacial score (nSPS) is 11.4. The van der Waals surface area contributed by atoms with Gasteiger partial charge >= 0.3 is 6.18 Å². The van der Waals surface area contributed by atoms with Crippen LogP contribution in [0.1, 0.15) is 5.69 Å². The fourth-order valence-corrected chi connectivity index (χ4v) is 1.64. The van der Waals surface area contributed by atoms with Gasteiger partial charge in [0.1, 0.15) is 17.1 Å². The van der Waals surface area contributed by atoms with Crippen molar-refractivity contribution in [2.45, 2.75) is 6.18 Å². The second-order valence-corrected chi connectivity index (χ2v) is 4.07. The Morgan fingerprint density at radius 1 is 1.38 bits per heavy atom. The first kappa shape index (κ1) is 14.6. The number of nitro benzene ring substituents is 1. The lowest BCUT2D eigenvalue weighted by atomic mass is 10.2. The summed E-state index contributed by atoms with van der Waals surface area (Å²) in [6, 6.07) is 4.17. The molecule has 0 unspecified atom stereocenters. The third-order valence-electron chi connectivity index (χ3n) is 2.57. The minimum atomic E-state index is -4.56. The van der Waals surface area contributed by atoms with Crippen molar-refractivity contribution in [1.82, 2.24) is 9.78 Å². The van der Waals surface area contributed by atoms with E-state index in [1.165, 1.54) is 6.07 Å². The molecule has 0 spiro atoms. The number of aryl methyl sites for hydroxylation is 1. The number of nitrogens with zero attached hydrogens (tertiary/aromatic N) is 3. The highest BCUT2D eigenvalue weighted by atomic mass is 19.4. The summed E-state index contributed by atoms with van der Waals surface area (Å²) < 4.78 is 43.5. The van der Waals surface area contributed by atoms with Crippen LogP contribution in [0.15, 0.2) is 24.3 Å². The van der Waals surface area contributed by atoms with Crippen molar-refractivity contribution in [1.29, 1.82) is 0 Å². The molecule has 2 aromatic rings. The van der Waals surface area contributed by atoms with Crippen molar-refractivity contribution < 1.29 is 22.8 Å². The lowest BCUT2D eigenvalue weighted by Gasteiger charge is -2.04. The average molecular weight is 302 g/mol. The number of benzene rings is 1. The first-order valence-corrected chi connectivity index (χ1v) is 5.51. The Labute approximate surface area is 115 Å². The van der Waals surface area contributed by atoms with Crippen molar-refractivity contribution >= 4 is 11.4 Å². The van der Waals surface area contributed by atoms with Crippen molar-refractivity contribution in [2.75, 3.05) is 5.73 Å². The number of hydrogen-bond acceptors (Lipinski definition) is 5. The van der Waals surface area contributed by atoms with Crippen LogP contribution < -0.4 is 10.5 Å². The van der Waals surface area contributed by atoms with Gasteiger partial charge in [-0.3, -0.25) is 14.8 Å². The number of ether oxygens (including phenoxy) is 1. The van der Waals surface area contributed by atoms with Crippen LogP contribution in [0.4, 0.5) is 24.5 Å². The largest absolute Gasteiger partial charge is 0.437 e. The Morgan fingerprint density at radius 2 is 2.05 bits per heavy atom. The maximum absolute atomic E-state index is 12.6. The van der Waals surface area contributed by atoms with Gasteiger partial charge in [0, 0.05) is 25.2 Å². The zero-order valence-corrected chi connectivity index (χ0v) is 10.6. The second kappa shape index (κ2) is 4.96. The summed E-state index contributed by atoms with van der Waals surface area (Å²) in [5, 5.41) is 14.2. The first-order valence-electron chi connectivity index (χ1n) is 5.51. The zero-order chi connectivity index (χ0) is 15.8. The molecule has 0 aliphatic heterocycles. The minimum Gasteiger partial charge on any atom is -0.437 e. The molecule has 0 radical (unpaired) electrons. The summed E-state index contributed by atoms with van der Waals surface area (Å²) in [6.07, 6.45) is -4.56. The summed E-state index contributed by atoms with van der Waals surface area (Å²) in [7, 11) is 1.12. The number of rotatable bonds is 3. The molecule has 0 aliphatic carbocycles. The molecule has 10 heteroatoms. The molecule has 2 rings (SSSR count). The van der Waals surface area contributed by atoms with Crippen molar-refractivity contribution in [2.24, 2.45) is 7.05 Å². The molecule has 1 aromatic heterocycles. The van der Waals surface area contributed by atoms with Gasteiger partial charge in [-0.2, -0.15) is 13.2 Å². The summed E-state index contributed by atoms with van der Waals surface area (Å²) in [4.78, 5) is 9.91. The van der Waals surface area contributed by atoms with Crippen LogP contribution in [0.2, 0.25) is 0 Å². The van der Waals surface area contributed by atoms with Crippen molar-refractivity contribution in [3.05, 3.63) is 40.1 Å². The van der Waals surface area contributed by atoms with Gasteiger partial charge in [0.15, 0.2) is 0 Å². The maximum atomic E-state index is 12.6. The summed E-state index contributed by atoms with van der Waals surface area (Å²) in [5.41, 5.74) is 3.99. The van der Waals surface area contributed by atoms with Crippen LogP contribution in [0.3, 0.4) is 0 Å². The average Bonchev–Trinajstić information content (AvgIpc) is 2.69. The number of nitrogens with two attached hydrogens (primary N) is 1. The molecule has 7 nitrogen and oxygen atoms in total. The van der Waals surface area contributed by atoms with Gasteiger partial charge in [0.05, 0.1) is 4.92 Å². The number of anilines is 1. The summed E-state index contributed by atoms with van der Waals surface area (Å²) in [6.45, 7) is 0. The smallest absolute Gasteiger partial charge is 0.433 e. The molecule has 0 fully saturated rings. The van der Waals surface area contributed by atoms with Crippen LogP contribution in [-0.4, -0.2) is 14.7 Å². The number of aromatic nitrogens is 2. The monoisotopic (exact) mass is 302 g/mol. The number of nitro groups is 1. The molecule has 1 heterocycles. The molecule has 0 aliphatic rings. The third kappa shape index (κ3) is 3.04. The van der Waals surface area contributed by atoms with E-state index < -0.39 is 16.8 Å². The van der Waals surface area contributed by atoms with Crippen LogP contribution in [-0.2, 0) is 13.2 Å². The minimum absolute atomic E-state index is 0.0462. The molecule has 2 N–H and O–H groups in total. The summed E-state index contributed by atoms with van der Waals surface area (Å²) >= 11 is 0. The second-order valence-electron chi connectivity index (χ2n) is 4.07. The van der Waals surface area contributed by atoms with Gasteiger partial charge in [-0.05, 0) is 6.07 Å². The molecule has 21 heavy (non-hydrogen) atoms. The van der Waals surface area contributed by atoms with E-state index in [4.69, 9.17) is 10.5 Å². The van der Waals surface area contributed by atoms with E-state index in [2.05, 4.69) is 5.10 Å². The summed E-state index contributed by atoms with van der Waals surface area (Å²) in [5.74, 6) is -0.247. The van der Waals surface area contributed by atoms with Gasteiger partial charge < -0.3 is 10.5 Å². The van der Waals surface area contributed by atoms with Gasteiger partial charge in [0.25, 0.3) is 5.69 Å². The Kier molecular flexibility index (Phi) is 3.45. The van der Waals surface area contributed by atoms with Crippen molar-refractivity contribution in [3.8, 4) is 11.6 Å². The lowest BCUT2D eigenvalue weighted by molar-refractivity contribution is -0.383. The van der Waals surface area contributed by atoms with E-state index in [0.717, 1.165) is 25.2 Å². The van der Waals surface area contributed by atoms with E-state index in [-0.39, 0.29) is 23.0 Å². The highest BCUT2D eigenvalue weighted by Crippen LogP contribution is 2.33. The van der Waals surface area contributed by atoms with Crippen LogP contribution >= 0.6 is 0 Å². The topological polar surface area (TPSA) is 96.2 Å². The molecule has 0 amide bonds. The molecular formula is C11H9F3N4O3. The van der Waals surface area contributed by atoms with E-state index >= 15 is 0 Å². The Bertz CT molecular complexity index is 697. The molecule has 0 saturated heterocycles. The maximum Gasteiger partial charge on any atom is 0.433 e. The third-order valence-corrected chi connectivity index (χ3v) is 2.57. The number of alkyl halides is 3. The number of nitrogen functional groups attached to an aromatic ring is 1. The van der Waals surface area contributed by atoms with Gasteiger partial charge in [0.2, 0.25) is 5.88 Å². The standard InChI is InChI=1S/C11H9F3N4O3/c1-17-9(11(12,13)14)5-10(16-17)21-6-2-3-8(18(19)20)7(15)4-6/h2-5H,15H2,1H3. The molecule has 0 atom stereocenters. The molecule has 0 saturated carbocycles. The lowest BCUT2D eigenvalue weighted by Crippen LogP contribution is -2.11. The SMILES string of the molecule is Cn1nc(Oc2ccc([N+](=O)[O-])c(N)c2)cc1C(F)(F)F. The van der Waals surface area contributed by atoms with E-state index in [1.54, 1.807) is 0 Å². The predicted molar refractivity (Wildman–Crippen MR) is 65.8 cm³/mol. The fourth-order valence-electron chi connectivity index (χ4n) is 1.64. The van der Waals surface area contributed by atoms with E-state index in [9.17, 15) is 23.3 Å². The molecule has 0 bridgehead atoms. The Morgan fingerprint density at radius 3 is 2.52 bits per heavy atom. The van der Waals surface area contributed by atoms with Crippen LogP contribution in [0.25, 0.3) is 0 Å². The molecule has 1 aromatic carbocycles. The van der Waals surface area contributed by atoms with Crippen molar-refractivity contribution in [3.63, 3.8) is 0 Å². The Hall–Kier alpha value is -2.78.